The number of nitrogens with two attached hydrogens (primary N) is 1. The number of aryl methyl sites for hydroxylation is 1. The van der Waals surface area contributed by atoms with E-state index in [9.17, 15) is 0 Å². The Morgan fingerprint density at radius 3 is 1.95 bits per heavy atom. The molecule has 0 aromatic heterocycles. The van der Waals surface area contributed by atoms with Crippen LogP contribution < -0.4 is 5.73 Å². The van der Waals surface area contributed by atoms with E-state index in [1.807, 2.05) is 12.1 Å². The number of anilines is 1. The fourth-order valence-electron chi connectivity index (χ4n) is 2.89. The van der Waals surface area contributed by atoms with E-state index in [0.29, 0.717) is 0 Å². The summed E-state index contributed by atoms with van der Waals surface area (Å²) >= 11 is 0. The van der Waals surface area contributed by atoms with Gasteiger partial charge >= 0.3 is 0 Å². The molecule has 0 aliphatic carbocycles. The Hall–Kier alpha value is -1.80. The van der Waals surface area contributed by atoms with Gasteiger partial charge in [-0.2, -0.15) is 0 Å². The minimum Gasteiger partial charge on any atom is -0.399 e. The molecule has 20 heavy (non-hydrogen) atoms. The first-order valence-corrected chi connectivity index (χ1v) is 7.28. The first-order valence-electron chi connectivity index (χ1n) is 7.28. The zero-order chi connectivity index (χ0) is 14.0. The average Bonchev–Trinajstić information content (AvgIpc) is 2.42. The summed E-state index contributed by atoms with van der Waals surface area (Å²) in [5.41, 5.74) is 10.7. The van der Waals surface area contributed by atoms with Gasteiger partial charge in [-0.1, -0.05) is 49.7 Å². The smallest absolute Gasteiger partial charge is 0.0669 e. The van der Waals surface area contributed by atoms with Crippen LogP contribution in [-0.2, 0) is 16.6 Å². The largest absolute Gasteiger partial charge is 0.399 e. The zero-order valence-corrected chi connectivity index (χ0v) is 11.9. The molecular formula is C18H21NO. The second-order valence-electron chi connectivity index (χ2n) is 5.64. The lowest BCUT2D eigenvalue weighted by Crippen LogP contribution is -2.47. The van der Waals surface area contributed by atoms with Crippen LogP contribution in [0.25, 0.3) is 0 Å². The number of hydrogen-bond acceptors (Lipinski definition) is 2. The summed E-state index contributed by atoms with van der Waals surface area (Å²) in [7, 11) is 0. The first-order chi connectivity index (χ1) is 9.74. The van der Waals surface area contributed by atoms with E-state index in [-0.39, 0.29) is 5.41 Å². The number of ether oxygens (including phenoxy) is 1. The van der Waals surface area contributed by atoms with E-state index >= 15 is 0 Å². The van der Waals surface area contributed by atoms with Crippen molar-refractivity contribution in [3.63, 3.8) is 0 Å². The molecule has 0 amide bonds. The molecule has 0 bridgehead atoms. The van der Waals surface area contributed by atoms with Gasteiger partial charge in [0, 0.05) is 5.69 Å². The molecular weight excluding hydrogens is 246 g/mol. The molecule has 0 spiro atoms. The van der Waals surface area contributed by atoms with Crippen LogP contribution in [0, 0.1) is 0 Å². The van der Waals surface area contributed by atoms with E-state index < -0.39 is 0 Å². The predicted octanol–water partition coefficient (Wildman–Crippen LogP) is 3.54. The summed E-state index contributed by atoms with van der Waals surface area (Å²) in [4.78, 5) is 0. The van der Waals surface area contributed by atoms with Gasteiger partial charge in [0.15, 0.2) is 0 Å². The Balaban J connectivity index is 1.94. The van der Waals surface area contributed by atoms with Crippen LogP contribution in [-0.4, -0.2) is 13.2 Å². The maximum Gasteiger partial charge on any atom is 0.0669 e. The Labute approximate surface area is 120 Å². The van der Waals surface area contributed by atoms with Crippen molar-refractivity contribution in [1.82, 2.24) is 0 Å². The van der Waals surface area contributed by atoms with Crippen LogP contribution in [0.2, 0.25) is 0 Å². The Morgan fingerprint density at radius 2 is 1.50 bits per heavy atom. The van der Waals surface area contributed by atoms with Crippen molar-refractivity contribution < 1.29 is 4.74 Å². The van der Waals surface area contributed by atoms with Crippen molar-refractivity contribution in [2.45, 2.75) is 25.2 Å². The number of nitrogen functional groups attached to an aromatic ring is 1. The van der Waals surface area contributed by atoms with Crippen molar-refractivity contribution in [3.8, 4) is 0 Å². The highest BCUT2D eigenvalue weighted by atomic mass is 16.5. The molecule has 2 N–H and O–H groups in total. The van der Waals surface area contributed by atoms with Crippen LogP contribution in [0.4, 0.5) is 5.69 Å². The van der Waals surface area contributed by atoms with Crippen molar-refractivity contribution in [2.24, 2.45) is 0 Å². The minimum atomic E-state index is 0.0123. The quantitative estimate of drug-likeness (QED) is 0.860. The van der Waals surface area contributed by atoms with Crippen LogP contribution in [0.15, 0.2) is 48.5 Å². The third-order valence-corrected chi connectivity index (χ3v) is 4.21. The summed E-state index contributed by atoms with van der Waals surface area (Å²) in [5, 5.41) is 0. The first kappa shape index (κ1) is 13.2. The second kappa shape index (κ2) is 5.29. The molecule has 2 aromatic carbocycles. The van der Waals surface area contributed by atoms with Crippen molar-refractivity contribution >= 4 is 5.69 Å². The van der Waals surface area contributed by atoms with Gasteiger partial charge in [0.2, 0.25) is 0 Å². The van der Waals surface area contributed by atoms with Crippen LogP contribution in [0.1, 0.15) is 30.0 Å². The molecule has 104 valence electrons. The number of hydrogen-bond donors (Lipinski definition) is 1. The molecule has 1 fully saturated rings. The lowest BCUT2D eigenvalue weighted by atomic mass is 9.72. The summed E-state index contributed by atoms with van der Waals surface area (Å²) in [6.07, 6.45) is 2.33. The third-order valence-electron chi connectivity index (χ3n) is 4.21. The molecule has 0 unspecified atom stereocenters. The van der Waals surface area contributed by atoms with Gasteiger partial charge in [-0.3, -0.25) is 0 Å². The monoisotopic (exact) mass is 267 g/mol. The molecule has 0 saturated carbocycles. The number of benzene rings is 2. The van der Waals surface area contributed by atoms with E-state index in [1.54, 1.807) is 0 Å². The molecule has 1 aliphatic rings. The summed E-state index contributed by atoms with van der Waals surface area (Å²) < 4.78 is 5.52. The van der Waals surface area contributed by atoms with Gasteiger partial charge in [-0.25, -0.2) is 0 Å². The summed E-state index contributed by atoms with van der Waals surface area (Å²) in [6.45, 7) is 3.72. The lowest BCUT2D eigenvalue weighted by Gasteiger charge is -2.42. The highest BCUT2D eigenvalue weighted by Gasteiger charge is 2.41. The molecule has 0 atom stereocenters. The van der Waals surface area contributed by atoms with Gasteiger partial charge in [-0.15, -0.1) is 0 Å². The Kier molecular flexibility index (Phi) is 3.49. The Morgan fingerprint density at radius 1 is 0.950 bits per heavy atom. The average molecular weight is 267 g/mol. The number of rotatable bonds is 4. The van der Waals surface area contributed by atoms with Crippen molar-refractivity contribution in [2.75, 3.05) is 18.9 Å². The van der Waals surface area contributed by atoms with Crippen LogP contribution in [0.5, 0.6) is 0 Å². The van der Waals surface area contributed by atoms with Crippen molar-refractivity contribution in [1.29, 1.82) is 0 Å². The normalized spacial score (nSPS) is 16.6. The van der Waals surface area contributed by atoms with Gasteiger partial charge < -0.3 is 10.5 Å². The van der Waals surface area contributed by atoms with Crippen LogP contribution >= 0.6 is 0 Å². The highest BCUT2D eigenvalue weighted by molar-refractivity contribution is 5.47. The Bertz CT molecular complexity index is 567. The molecule has 2 heteroatoms. The molecule has 1 saturated heterocycles. The molecule has 0 radical (unpaired) electrons. The zero-order valence-electron chi connectivity index (χ0n) is 11.9. The maximum atomic E-state index is 5.79. The standard InChI is InChI=1S/C18H21NO/c1-2-3-14-4-6-15(7-5-14)18(12-20-13-18)16-8-10-17(19)11-9-16/h4-11H,2-3,12-13,19H2,1H3. The SMILES string of the molecule is CCCc1ccc(C2(c3ccc(N)cc3)COC2)cc1. The predicted molar refractivity (Wildman–Crippen MR) is 82.9 cm³/mol. The third kappa shape index (κ3) is 2.20. The van der Waals surface area contributed by atoms with Crippen molar-refractivity contribution in [3.05, 3.63) is 65.2 Å². The second-order valence-corrected chi connectivity index (χ2v) is 5.64. The van der Waals surface area contributed by atoms with E-state index in [0.717, 1.165) is 25.3 Å². The van der Waals surface area contributed by atoms with E-state index in [1.165, 1.54) is 23.1 Å². The van der Waals surface area contributed by atoms with Gasteiger partial charge in [-0.05, 0) is 35.2 Å². The molecule has 1 heterocycles. The molecule has 2 aromatic rings. The molecule has 1 aliphatic heterocycles. The van der Waals surface area contributed by atoms with E-state index in [2.05, 4.69) is 43.3 Å². The van der Waals surface area contributed by atoms with Gasteiger partial charge in [0.1, 0.15) is 0 Å². The maximum absolute atomic E-state index is 5.79. The summed E-state index contributed by atoms with van der Waals surface area (Å²) in [5.74, 6) is 0. The highest BCUT2D eigenvalue weighted by Crippen LogP contribution is 2.39. The molecule has 3 rings (SSSR count). The summed E-state index contributed by atoms with van der Waals surface area (Å²) in [6, 6.07) is 17.2. The fourth-order valence-corrected chi connectivity index (χ4v) is 2.89. The minimum absolute atomic E-state index is 0.0123. The van der Waals surface area contributed by atoms with Crippen LogP contribution in [0.3, 0.4) is 0 Å². The lowest BCUT2D eigenvalue weighted by molar-refractivity contribution is -0.0379. The molecule has 2 nitrogen and oxygen atoms in total. The van der Waals surface area contributed by atoms with E-state index in [4.69, 9.17) is 10.5 Å². The van der Waals surface area contributed by atoms with Gasteiger partial charge in [0.05, 0.1) is 18.6 Å². The topological polar surface area (TPSA) is 35.2 Å². The fraction of sp³-hybridized carbons (Fsp3) is 0.333. The van der Waals surface area contributed by atoms with Gasteiger partial charge in [0.25, 0.3) is 0 Å².